The molecule has 1 aromatic rings. The first-order valence-corrected chi connectivity index (χ1v) is 10.2. The van der Waals surface area contributed by atoms with E-state index in [-0.39, 0.29) is 17.5 Å². The van der Waals surface area contributed by atoms with Crippen molar-refractivity contribution in [1.29, 1.82) is 0 Å². The topological polar surface area (TPSA) is 83.1 Å². The molecule has 0 atom stereocenters. The fourth-order valence-corrected chi connectivity index (χ4v) is 3.11. The molecule has 1 heterocycles. The highest BCUT2D eigenvalue weighted by Crippen LogP contribution is 2.29. The van der Waals surface area contributed by atoms with Gasteiger partial charge in [-0.15, -0.1) is 0 Å². The Balaban J connectivity index is 1.91. The van der Waals surface area contributed by atoms with Crippen molar-refractivity contribution in [3.63, 3.8) is 0 Å². The Morgan fingerprint density at radius 3 is 2.28 bits per heavy atom. The number of carbonyl (C=O) groups excluding carboxylic acids is 2. The van der Waals surface area contributed by atoms with Crippen LogP contribution in [0.2, 0.25) is 0 Å². The highest BCUT2D eigenvalue weighted by atomic mass is 16.5. The number of hydrogen-bond donors (Lipinski definition) is 2. The molecular formula is C21H34N4O4. The van der Waals surface area contributed by atoms with Gasteiger partial charge in [0.25, 0.3) is 0 Å². The van der Waals surface area contributed by atoms with Crippen molar-refractivity contribution in [2.75, 3.05) is 51.3 Å². The largest absolute Gasteiger partial charge is 0.494 e. The summed E-state index contributed by atoms with van der Waals surface area (Å²) in [5.74, 6) is 1.30. The summed E-state index contributed by atoms with van der Waals surface area (Å²) >= 11 is 0. The van der Waals surface area contributed by atoms with Crippen molar-refractivity contribution < 1.29 is 19.1 Å². The van der Waals surface area contributed by atoms with Crippen molar-refractivity contribution in [3.8, 4) is 11.5 Å². The van der Waals surface area contributed by atoms with Crippen LogP contribution < -0.4 is 20.1 Å². The predicted molar refractivity (Wildman–Crippen MR) is 114 cm³/mol. The maximum absolute atomic E-state index is 12.7. The number of nitrogens with one attached hydrogen (secondary N) is 2. The van der Waals surface area contributed by atoms with Crippen molar-refractivity contribution in [2.45, 2.75) is 40.2 Å². The monoisotopic (exact) mass is 406 g/mol. The van der Waals surface area contributed by atoms with E-state index < -0.39 is 0 Å². The average Bonchev–Trinajstić information content (AvgIpc) is 2.63. The number of rotatable bonds is 7. The van der Waals surface area contributed by atoms with Gasteiger partial charge >= 0.3 is 6.03 Å². The third-order valence-electron chi connectivity index (χ3n) is 4.34. The van der Waals surface area contributed by atoms with Gasteiger partial charge in [-0.2, -0.15) is 0 Å². The molecule has 8 heteroatoms. The van der Waals surface area contributed by atoms with E-state index in [2.05, 4.69) is 15.5 Å². The third-order valence-corrected chi connectivity index (χ3v) is 4.34. The zero-order valence-electron chi connectivity index (χ0n) is 18.2. The molecule has 1 fully saturated rings. The molecule has 1 saturated heterocycles. The molecule has 0 spiro atoms. The number of anilines is 1. The van der Waals surface area contributed by atoms with E-state index in [1.54, 1.807) is 17.0 Å². The molecule has 3 amide bonds. The van der Waals surface area contributed by atoms with Crippen molar-refractivity contribution in [1.82, 2.24) is 15.1 Å². The minimum Gasteiger partial charge on any atom is -0.494 e. The molecule has 1 aromatic carbocycles. The van der Waals surface area contributed by atoms with Crippen LogP contribution in [0.3, 0.4) is 0 Å². The van der Waals surface area contributed by atoms with E-state index in [0.29, 0.717) is 63.1 Å². The molecule has 2 rings (SSSR count). The van der Waals surface area contributed by atoms with E-state index >= 15 is 0 Å². The Labute approximate surface area is 173 Å². The normalized spacial score (nSPS) is 15.0. The third kappa shape index (κ3) is 7.45. The van der Waals surface area contributed by atoms with Gasteiger partial charge < -0.3 is 25.0 Å². The molecule has 162 valence electrons. The molecule has 1 aliphatic heterocycles. The fourth-order valence-electron chi connectivity index (χ4n) is 3.11. The van der Waals surface area contributed by atoms with Crippen molar-refractivity contribution >= 4 is 17.6 Å². The standard InChI is InChI=1S/C21H34N4O4/c1-6-28-16-8-9-18(29-7-2)17(14-16)22-20(27)25-12-10-24(11-13-25)15-19(26)23-21(3,4)5/h8-9,14H,6-7,10-13,15H2,1-5H3,(H,22,27)(H,23,26). The summed E-state index contributed by atoms with van der Waals surface area (Å²) in [7, 11) is 0. The minimum atomic E-state index is -0.243. The van der Waals surface area contributed by atoms with Gasteiger partial charge in [0.15, 0.2) is 0 Å². The van der Waals surface area contributed by atoms with E-state index in [0.717, 1.165) is 0 Å². The van der Waals surface area contributed by atoms with Gasteiger partial charge in [0, 0.05) is 37.8 Å². The van der Waals surface area contributed by atoms with Crippen LogP contribution in [-0.4, -0.2) is 73.2 Å². The van der Waals surface area contributed by atoms with Crippen LogP contribution in [0.4, 0.5) is 10.5 Å². The molecule has 0 unspecified atom stereocenters. The summed E-state index contributed by atoms with van der Waals surface area (Å²) in [4.78, 5) is 28.6. The average molecular weight is 407 g/mol. The second-order valence-corrected chi connectivity index (χ2v) is 8.02. The van der Waals surface area contributed by atoms with Gasteiger partial charge in [-0.05, 0) is 46.8 Å². The maximum Gasteiger partial charge on any atom is 0.322 e. The van der Waals surface area contributed by atoms with Gasteiger partial charge in [0.05, 0.1) is 25.4 Å². The second kappa shape index (κ2) is 10.3. The second-order valence-electron chi connectivity index (χ2n) is 8.02. The maximum atomic E-state index is 12.7. The van der Waals surface area contributed by atoms with Crippen LogP contribution in [0, 0.1) is 0 Å². The van der Waals surface area contributed by atoms with Gasteiger partial charge in [0.2, 0.25) is 5.91 Å². The van der Waals surface area contributed by atoms with Gasteiger partial charge in [0.1, 0.15) is 11.5 Å². The van der Waals surface area contributed by atoms with Crippen LogP contribution in [0.15, 0.2) is 18.2 Å². The fraction of sp³-hybridized carbons (Fsp3) is 0.619. The highest BCUT2D eigenvalue weighted by Gasteiger charge is 2.24. The van der Waals surface area contributed by atoms with E-state index in [1.807, 2.05) is 40.7 Å². The van der Waals surface area contributed by atoms with Gasteiger partial charge in [-0.25, -0.2) is 4.79 Å². The summed E-state index contributed by atoms with van der Waals surface area (Å²) in [6, 6.07) is 5.22. The Morgan fingerprint density at radius 2 is 1.69 bits per heavy atom. The molecule has 8 nitrogen and oxygen atoms in total. The summed E-state index contributed by atoms with van der Waals surface area (Å²) < 4.78 is 11.1. The summed E-state index contributed by atoms with van der Waals surface area (Å²) in [6.45, 7) is 13.5. The summed E-state index contributed by atoms with van der Waals surface area (Å²) in [6.07, 6.45) is 0. The van der Waals surface area contributed by atoms with Gasteiger partial charge in [-0.3, -0.25) is 9.69 Å². The van der Waals surface area contributed by atoms with Crippen molar-refractivity contribution in [2.24, 2.45) is 0 Å². The number of urea groups is 1. The molecule has 0 radical (unpaired) electrons. The minimum absolute atomic E-state index is 0.00416. The molecular weight excluding hydrogens is 372 g/mol. The number of nitrogens with zero attached hydrogens (tertiary/aromatic N) is 2. The number of piperazine rings is 1. The zero-order valence-corrected chi connectivity index (χ0v) is 18.2. The first-order valence-electron chi connectivity index (χ1n) is 10.2. The SMILES string of the molecule is CCOc1ccc(OCC)c(NC(=O)N2CCN(CC(=O)NC(C)(C)C)CC2)c1. The number of hydrogen-bond acceptors (Lipinski definition) is 5. The quantitative estimate of drug-likeness (QED) is 0.727. The predicted octanol–water partition coefficient (Wildman–Crippen LogP) is 2.55. The Kier molecular flexibility index (Phi) is 8.13. The lowest BCUT2D eigenvalue weighted by atomic mass is 10.1. The van der Waals surface area contributed by atoms with Crippen LogP contribution in [0.5, 0.6) is 11.5 Å². The smallest absolute Gasteiger partial charge is 0.322 e. The molecule has 29 heavy (non-hydrogen) atoms. The number of carbonyl (C=O) groups is 2. The molecule has 2 N–H and O–H groups in total. The molecule has 1 aliphatic rings. The van der Waals surface area contributed by atoms with Crippen LogP contribution >= 0.6 is 0 Å². The van der Waals surface area contributed by atoms with Crippen LogP contribution in [-0.2, 0) is 4.79 Å². The molecule has 0 saturated carbocycles. The van der Waals surface area contributed by atoms with Crippen LogP contribution in [0.25, 0.3) is 0 Å². The molecule has 0 aromatic heterocycles. The lowest BCUT2D eigenvalue weighted by Gasteiger charge is -2.35. The van der Waals surface area contributed by atoms with E-state index in [9.17, 15) is 9.59 Å². The molecule has 0 aliphatic carbocycles. The number of amides is 3. The van der Waals surface area contributed by atoms with E-state index in [4.69, 9.17) is 9.47 Å². The van der Waals surface area contributed by atoms with E-state index in [1.165, 1.54) is 0 Å². The van der Waals surface area contributed by atoms with Gasteiger partial charge in [-0.1, -0.05) is 0 Å². The first-order chi connectivity index (χ1) is 13.7. The molecule has 0 bridgehead atoms. The Bertz CT molecular complexity index is 694. The summed E-state index contributed by atoms with van der Waals surface area (Å²) in [5, 5.41) is 5.90. The summed E-state index contributed by atoms with van der Waals surface area (Å²) in [5.41, 5.74) is 0.349. The number of benzene rings is 1. The Hall–Kier alpha value is -2.48. The van der Waals surface area contributed by atoms with Crippen molar-refractivity contribution in [3.05, 3.63) is 18.2 Å². The Morgan fingerprint density at radius 1 is 1.03 bits per heavy atom. The highest BCUT2D eigenvalue weighted by molar-refractivity contribution is 5.91. The zero-order chi connectivity index (χ0) is 21.4. The first kappa shape index (κ1) is 22.8. The van der Waals surface area contributed by atoms with Crippen LogP contribution in [0.1, 0.15) is 34.6 Å². The number of ether oxygens (including phenoxy) is 2. The lowest BCUT2D eigenvalue weighted by Crippen LogP contribution is -2.53. The lowest BCUT2D eigenvalue weighted by molar-refractivity contribution is -0.123.